The van der Waals surface area contributed by atoms with E-state index in [9.17, 15) is 9.59 Å². The van der Waals surface area contributed by atoms with Crippen molar-refractivity contribution in [2.24, 2.45) is 0 Å². The average Bonchev–Trinajstić information content (AvgIpc) is 2.45. The van der Waals surface area contributed by atoms with Gasteiger partial charge in [-0.15, -0.1) is 0 Å². The van der Waals surface area contributed by atoms with Crippen molar-refractivity contribution in [2.75, 3.05) is 13.2 Å². The van der Waals surface area contributed by atoms with Gasteiger partial charge in [0.25, 0.3) is 0 Å². The number of hydrogen-bond donors (Lipinski definition) is 0. The van der Waals surface area contributed by atoms with Crippen LogP contribution in [-0.4, -0.2) is 25.2 Å². The summed E-state index contributed by atoms with van der Waals surface area (Å²) in [6.45, 7) is 5.71. The van der Waals surface area contributed by atoms with Gasteiger partial charge in [-0.2, -0.15) is 0 Å². The maximum atomic E-state index is 11.9. The van der Waals surface area contributed by atoms with Crippen LogP contribution in [0, 0.1) is 0 Å². The molecule has 0 bridgehead atoms. The Morgan fingerprint density at radius 2 is 1.57 bits per heavy atom. The molecule has 0 N–H and O–H groups in total. The first-order valence-corrected chi connectivity index (χ1v) is 7.60. The van der Waals surface area contributed by atoms with E-state index in [1.807, 2.05) is 31.2 Å². The molecular weight excluding hydrogens is 336 g/mol. The van der Waals surface area contributed by atoms with E-state index in [1.54, 1.807) is 19.9 Å². The molecule has 5 heteroatoms. The minimum atomic E-state index is -0.653. The molecule has 21 heavy (non-hydrogen) atoms. The van der Waals surface area contributed by atoms with Gasteiger partial charge in [-0.25, -0.2) is 9.59 Å². The third-order valence-corrected chi connectivity index (χ3v) is 3.33. The molecule has 0 aliphatic rings. The highest BCUT2D eigenvalue weighted by Gasteiger charge is 2.22. The highest BCUT2D eigenvalue weighted by Crippen LogP contribution is 2.21. The van der Waals surface area contributed by atoms with Crippen LogP contribution in [0.2, 0.25) is 0 Å². The van der Waals surface area contributed by atoms with E-state index in [0.29, 0.717) is 0 Å². The number of rotatable bonds is 6. The van der Waals surface area contributed by atoms with Crippen LogP contribution in [0.3, 0.4) is 0 Å². The Bertz CT molecular complexity index is 500. The number of carbonyl (C=O) groups excluding carboxylic acids is 2. The molecule has 0 spiro atoms. The summed E-state index contributed by atoms with van der Waals surface area (Å²) in [6.07, 6.45) is 1.58. The molecule has 1 aromatic carbocycles. The van der Waals surface area contributed by atoms with Crippen molar-refractivity contribution in [3.8, 4) is 0 Å². The quantitative estimate of drug-likeness (QED) is 0.339. The van der Waals surface area contributed by atoms with E-state index in [0.717, 1.165) is 10.0 Å². The molecule has 0 saturated carbocycles. The number of benzene rings is 1. The molecule has 1 atom stereocenters. The van der Waals surface area contributed by atoms with E-state index < -0.39 is 11.9 Å². The maximum Gasteiger partial charge on any atom is 0.345 e. The molecule has 0 aliphatic carbocycles. The van der Waals surface area contributed by atoms with Crippen LogP contribution in [0.4, 0.5) is 0 Å². The summed E-state index contributed by atoms with van der Waals surface area (Å²) in [4.78, 5) is 23.8. The fourth-order valence-electron chi connectivity index (χ4n) is 1.75. The number of esters is 2. The van der Waals surface area contributed by atoms with Crippen LogP contribution in [0.1, 0.15) is 32.3 Å². The molecule has 4 nitrogen and oxygen atoms in total. The molecule has 1 rings (SSSR count). The first kappa shape index (κ1) is 17.4. The Morgan fingerprint density at radius 1 is 1.10 bits per heavy atom. The van der Waals surface area contributed by atoms with Crippen LogP contribution in [0.5, 0.6) is 0 Å². The number of carbonyl (C=O) groups is 2. The number of halogens is 1. The molecule has 0 radical (unpaired) electrons. The summed E-state index contributed by atoms with van der Waals surface area (Å²) in [5.41, 5.74) is 0.929. The maximum absolute atomic E-state index is 11.9. The highest BCUT2D eigenvalue weighted by molar-refractivity contribution is 9.10. The van der Waals surface area contributed by atoms with Gasteiger partial charge in [-0.05, 0) is 31.5 Å². The Kier molecular flexibility index (Phi) is 7.15. The predicted molar refractivity (Wildman–Crippen MR) is 83.9 cm³/mol. The first-order valence-electron chi connectivity index (χ1n) is 6.81. The van der Waals surface area contributed by atoms with Crippen molar-refractivity contribution in [3.63, 3.8) is 0 Å². The average molecular weight is 355 g/mol. The second-order valence-corrected chi connectivity index (χ2v) is 5.28. The number of allylic oxidation sites excluding steroid dienone is 1. The van der Waals surface area contributed by atoms with Gasteiger partial charge in [-0.3, -0.25) is 0 Å². The molecule has 0 unspecified atom stereocenters. The lowest BCUT2D eigenvalue weighted by atomic mass is 9.98. The molecule has 0 saturated heterocycles. The monoisotopic (exact) mass is 354 g/mol. The molecule has 1 aromatic rings. The van der Waals surface area contributed by atoms with Gasteiger partial charge < -0.3 is 9.47 Å². The summed E-state index contributed by atoms with van der Waals surface area (Å²) in [7, 11) is 0. The Morgan fingerprint density at radius 3 is 2.00 bits per heavy atom. The molecule has 0 amide bonds. The van der Waals surface area contributed by atoms with E-state index in [1.165, 1.54) is 0 Å². The summed E-state index contributed by atoms with van der Waals surface area (Å²) in [5, 5.41) is 0. The zero-order valence-corrected chi connectivity index (χ0v) is 14.0. The fourth-order valence-corrected chi connectivity index (χ4v) is 2.01. The van der Waals surface area contributed by atoms with Crippen molar-refractivity contribution < 1.29 is 19.1 Å². The Labute approximate surface area is 133 Å². The summed E-state index contributed by atoms with van der Waals surface area (Å²) >= 11 is 3.37. The second-order valence-electron chi connectivity index (χ2n) is 4.36. The van der Waals surface area contributed by atoms with Crippen LogP contribution >= 0.6 is 15.9 Å². The van der Waals surface area contributed by atoms with Crippen LogP contribution in [0.25, 0.3) is 0 Å². The third kappa shape index (κ3) is 5.34. The number of hydrogen-bond acceptors (Lipinski definition) is 4. The molecule has 114 valence electrons. The standard InChI is InChI=1S/C16H19BrO4/c1-4-20-15(18)14(16(19)21-5-2)10-11(3)12-6-8-13(17)9-7-12/h6-11H,4-5H2,1-3H3/t11-/m1/s1. The van der Waals surface area contributed by atoms with Crippen molar-refractivity contribution in [3.05, 3.63) is 46.0 Å². The third-order valence-electron chi connectivity index (χ3n) is 2.80. The van der Waals surface area contributed by atoms with Gasteiger partial charge in [0, 0.05) is 10.4 Å². The van der Waals surface area contributed by atoms with Crippen LogP contribution < -0.4 is 0 Å². The lowest BCUT2D eigenvalue weighted by Gasteiger charge is -2.11. The van der Waals surface area contributed by atoms with Crippen LogP contribution in [-0.2, 0) is 19.1 Å². The highest BCUT2D eigenvalue weighted by atomic mass is 79.9. The minimum absolute atomic E-state index is 0.0610. The van der Waals surface area contributed by atoms with Gasteiger partial charge in [0.2, 0.25) is 0 Å². The minimum Gasteiger partial charge on any atom is -0.462 e. The van der Waals surface area contributed by atoms with Crippen molar-refractivity contribution in [2.45, 2.75) is 26.7 Å². The van der Waals surface area contributed by atoms with Crippen LogP contribution in [0.15, 0.2) is 40.4 Å². The van der Waals surface area contributed by atoms with Crippen molar-refractivity contribution >= 4 is 27.9 Å². The van der Waals surface area contributed by atoms with Crippen molar-refractivity contribution in [1.29, 1.82) is 0 Å². The van der Waals surface area contributed by atoms with Gasteiger partial charge in [0.15, 0.2) is 0 Å². The van der Waals surface area contributed by atoms with Gasteiger partial charge in [0.05, 0.1) is 13.2 Å². The predicted octanol–water partition coefficient (Wildman–Crippen LogP) is 3.61. The largest absolute Gasteiger partial charge is 0.462 e. The number of ether oxygens (including phenoxy) is 2. The SMILES string of the molecule is CCOC(=O)C(=C[C@@H](C)c1ccc(Br)cc1)C(=O)OCC. The Balaban J connectivity index is 3.02. The summed E-state index contributed by atoms with van der Waals surface area (Å²) in [6, 6.07) is 7.68. The molecular formula is C16H19BrO4. The zero-order chi connectivity index (χ0) is 15.8. The van der Waals surface area contributed by atoms with E-state index in [-0.39, 0.29) is 24.7 Å². The zero-order valence-electron chi connectivity index (χ0n) is 12.4. The topological polar surface area (TPSA) is 52.6 Å². The first-order chi connectivity index (χ1) is 9.99. The normalized spacial score (nSPS) is 11.4. The lowest BCUT2D eigenvalue weighted by molar-refractivity contribution is -0.146. The Hall–Kier alpha value is -1.62. The lowest BCUT2D eigenvalue weighted by Crippen LogP contribution is -2.19. The van der Waals surface area contributed by atoms with E-state index in [2.05, 4.69) is 15.9 Å². The molecule has 0 fully saturated rings. The van der Waals surface area contributed by atoms with E-state index in [4.69, 9.17) is 9.47 Å². The second kappa shape index (κ2) is 8.62. The smallest absolute Gasteiger partial charge is 0.345 e. The van der Waals surface area contributed by atoms with E-state index >= 15 is 0 Å². The molecule has 0 aromatic heterocycles. The van der Waals surface area contributed by atoms with Gasteiger partial charge in [0.1, 0.15) is 5.57 Å². The summed E-state index contributed by atoms with van der Waals surface area (Å²) < 4.78 is 10.8. The van der Waals surface area contributed by atoms with Gasteiger partial charge in [-0.1, -0.05) is 41.1 Å². The van der Waals surface area contributed by atoms with Crippen molar-refractivity contribution in [1.82, 2.24) is 0 Å². The fraction of sp³-hybridized carbons (Fsp3) is 0.375. The molecule has 0 heterocycles. The molecule has 0 aliphatic heterocycles. The summed E-state index contributed by atoms with van der Waals surface area (Å²) in [5.74, 6) is -1.42. The van der Waals surface area contributed by atoms with Gasteiger partial charge >= 0.3 is 11.9 Å².